The zero-order chi connectivity index (χ0) is 13.8. The fraction of sp³-hybridized carbons (Fsp3) is 0.0625. The van der Waals surface area contributed by atoms with Crippen molar-refractivity contribution < 1.29 is 15.0 Å². The van der Waals surface area contributed by atoms with Gasteiger partial charge in [0.05, 0.1) is 5.56 Å². The lowest BCUT2D eigenvalue weighted by Gasteiger charge is -2.01. The fourth-order valence-electron chi connectivity index (χ4n) is 1.74. The van der Waals surface area contributed by atoms with Crippen LogP contribution in [-0.2, 0) is 0 Å². The highest BCUT2D eigenvalue weighted by molar-refractivity contribution is 6.08. The third-order valence-electron chi connectivity index (χ3n) is 2.72. The molecule has 96 valence electrons. The average molecular weight is 254 g/mol. The van der Waals surface area contributed by atoms with Crippen LogP contribution < -0.4 is 0 Å². The molecule has 3 heteroatoms. The van der Waals surface area contributed by atoms with Crippen molar-refractivity contribution in [2.45, 2.75) is 6.92 Å². The third-order valence-corrected chi connectivity index (χ3v) is 2.72. The summed E-state index contributed by atoms with van der Waals surface area (Å²) in [4.78, 5) is 11.9. The Morgan fingerprint density at radius 3 is 2.58 bits per heavy atom. The molecule has 0 aromatic heterocycles. The Kier molecular flexibility index (Phi) is 3.66. The van der Waals surface area contributed by atoms with Gasteiger partial charge in [-0.15, -0.1) is 0 Å². The molecule has 2 rings (SSSR count). The normalized spacial score (nSPS) is 10.8. The van der Waals surface area contributed by atoms with E-state index in [4.69, 9.17) is 0 Å². The van der Waals surface area contributed by atoms with Gasteiger partial charge in [-0.3, -0.25) is 4.79 Å². The molecule has 2 N–H and O–H groups in total. The lowest BCUT2D eigenvalue weighted by atomic mass is 10.1. The SMILES string of the molecule is Cc1ccc(C(=O)C=Cc2cccc(O)c2)c(O)c1. The topological polar surface area (TPSA) is 57.5 Å². The molecule has 0 aliphatic rings. The molecule has 2 aromatic carbocycles. The summed E-state index contributed by atoms with van der Waals surface area (Å²) in [6.07, 6.45) is 2.97. The Morgan fingerprint density at radius 1 is 1.11 bits per heavy atom. The summed E-state index contributed by atoms with van der Waals surface area (Å²) >= 11 is 0. The van der Waals surface area contributed by atoms with Gasteiger partial charge in [-0.2, -0.15) is 0 Å². The van der Waals surface area contributed by atoms with Gasteiger partial charge in [-0.1, -0.05) is 24.3 Å². The van der Waals surface area contributed by atoms with Gasteiger partial charge >= 0.3 is 0 Å². The second-order valence-electron chi connectivity index (χ2n) is 4.31. The van der Waals surface area contributed by atoms with Gasteiger partial charge in [-0.25, -0.2) is 0 Å². The summed E-state index contributed by atoms with van der Waals surface area (Å²) in [6, 6.07) is 11.5. The van der Waals surface area contributed by atoms with E-state index in [1.54, 1.807) is 48.5 Å². The number of carbonyl (C=O) groups excluding carboxylic acids is 1. The van der Waals surface area contributed by atoms with Crippen LogP contribution in [0, 0.1) is 6.92 Å². The zero-order valence-electron chi connectivity index (χ0n) is 10.5. The van der Waals surface area contributed by atoms with Crippen LogP contribution in [0.5, 0.6) is 11.5 Å². The first kappa shape index (κ1) is 12.9. The van der Waals surface area contributed by atoms with Crippen LogP contribution in [0.25, 0.3) is 6.08 Å². The average Bonchev–Trinajstić information content (AvgIpc) is 2.36. The molecule has 19 heavy (non-hydrogen) atoms. The van der Waals surface area contributed by atoms with Gasteiger partial charge in [0.2, 0.25) is 0 Å². The van der Waals surface area contributed by atoms with Crippen LogP contribution in [0.15, 0.2) is 48.5 Å². The second-order valence-corrected chi connectivity index (χ2v) is 4.31. The van der Waals surface area contributed by atoms with Crippen molar-refractivity contribution in [3.63, 3.8) is 0 Å². The van der Waals surface area contributed by atoms with Crippen molar-refractivity contribution in [1.29, 1.82) is 0 Å². The first-order valence-corrected chi connectivity index (χ1v) is 5.87. The maximum absolute atomic E-state index is 11.9. The molecule has 3 nitrogen and oxygen atoms in total. The number of allylic oxidation sites excluding steroid dienone is 1. The van der Waals surface area contributed by atoms with Gasteiger partial charge < -0.3 is 10.2 Å². The highest BCUT2D eigenvalue weighted by Gasteiger charge is 2.07. The number of aromatic hydroxyl groups is 2. The van der Waals surface area contributed by atoms with Crippen molar-refractivity contribution in [3.05, 3.63) is 65.2 Å². The maximum atomic E-state index is 11.9. The van der Waals surface area contributed by atoms with Crippen molar-refractivity contribution in [3.8, 4) is 11.5 Å². The molecule has 0 atom stereocenters. The van der Waals surface area contributed by atoms with Crippen LogP contribution in [0.1, 0.15) is 21.5 Å². The molecule has 0 spiro atoms. The number of hydrogen-bond acceptors (Lipinski definition) is 3. The van der Waals surface area contributed by atoms with E-state index in [1.807, 2.05) is 6.92 Å². The predicted octanol–water partition coefficient (Wildman–Crippen LogP) is 3.30. The monoisotopic (exact) mass is 254 g/mol. The lowest BCUT2D eigenvalue weighted by molar-refractivity contribution is 0.104. The van der Waals surface area contributed by atoms with Gasteiger partial charge in [0.25, 0.3) is 0 Å². The third kappa shape index (κ3) is 3.22. The Balaban J connectivity index is 2.21. The van der Waals surface area contributed by atoms with Gasteiger partial charge in [-0.05, 0) is 48.4 Å². The lowest BCUT2D eigenvalue weighted by Crippen LogP contribution is -1.95. The fourth-order valence-corrected chi connectivity index (χ4v) is 1.74. The minimum Gasteiger partial charge on any atom is -0.508 e. The van der Waals surface area contributed by atoms with E-state index in [-0.39, 0.29) is 22.8 Å². The number of carbonyl (C=O) groups is 1. The number of phenols is 2. The van der Waals surface area contributed by atoms with Crippen molar-refractivity contribution >= 4 is 11.9 Å². The van der Waals surface area contributed by atoms with Crippen molar-refractivity contribution in [1.82, 2.24) is 0 Å². The first-order chi connectivity index (χ1) is 9.06. The number of rotatable bonds is 3. The molecule has 0 unspecified atom stereocenters. The molecule has 0 saturated carbocycles. The van der Waals surface area contributed by atoms with E-state index in [9.17, 15) is 15.0 Å². The summed E-state index contributed by atoms with van der Waals surface area (Å²) in [5.74, 6) is -0.154. The predicted molar refractivity (Wildman–Crippen MR) is 74.3 cm³/mol. The number of benzene rings is 2. The highest BCUT2D eigenvalue weighted by Crippen LogP contribution is 2.20. The van der Waals surface area contributed by atoms with Crippen LogP contribution in [0.3, 0.4) is 0 Å². The molecule has 0 fully saturated rings. The maximum Gasteiger partial charge on any atom is 0.189 e. The standard InChI is InChI=1S/C16H14O3/c1-11-5-7-14(16(19)9-11)15(18)8-6-12-3-2-4-13(17)10-12/h2-10,17,19H,1H3. The van der Waals surface area contributed by atoms with Crippen LogP contribution in [0.2, 0.25) is 0 Å². The molecule has 0 radical (unpaired) electrons. The molecule has 2 aromatic rings. The van der Waals surface area contributed by atoms with Gasteiger partial charge in [0, 0.05) is 0 Å². The number of ketones is 1. The smallest absolute Gasteiger partial charge is 0.189 e. The Bertz CT molecular complexity index is 642. The quantitative estimate of drug-likeness (QED) is 0.652. The van der Waals surface area contributed by atoms with E-state index in [1.165, 1.54) is 6.08 Å². The largest absolute Gasteiger partial charge is 0.508 e. The minimum absolute atomic E-state index is 0.0226. The van der Waals surface area contributed by atoms with E-state index in [0.29, 0.717) is 0 Å². The molecular formula is C16H14O3. The Labute approximate surface area is 111 Å². The van der Waals surface area contributed by atoms with E-state index >= 15 is 0 Å². The number of aryl methyl sites for hydroxylation is 1. The van der Waals surface area contributed by atoms with Crippen LogP contribution >= 0.6 is 0 Å². The molecule has 0 aliphatic carbocycles. The minimum atomic E-state index is -0.277. The molecule has 0 saturated heterocycles. The molecule has 0 amide bonds. The summed E-state index contributed by atoms with van der Waals surface area (Å²) in [5, 5.41) is 19.0. The van der Waals surface area contributed by atoms with E-state index in [0.717, 1.165) is 11.1 Å². The van der Waals surface area contributed by atoms with Gasteiger partial charge in [0.1, 0.15) is 11.5 Å². The number of hydrogen-bond donors (Lipinski definition) is 2. The Hall–Kier alpha value is -2.55. The van der Waals surface area contributed by atoms with Crippen molar-refractivity contribution in [2.75, 3.05) is 0 Å². The second kappa shape index (κ2) is 5.40. The van der Waals surface area contributed by atoms with E-state index in [2.05, 4.69) is 0 Å². The summed E-state index contributed by atoms with van der Waals surface area (Å²) in [7, 11) is 0. The first-order valence-electron chi connectivity index (χ1n) is 5.87. The van der Waals surface area contributed by atoms with Crippen molar-refractivity contribution in [2.24, 2.45) is 0 Å². The zero-order valence-corrected chi connectivity index (χ0v) is 10.5. The van der Waals surface area contributed by atoms with Crippen LogP contribution in [0.4, 0.5) is 0 Å². The highest BCUT2D eigenvalue weighted by atomic mass is 16.3. The summed E-state index contributed by atoms with van der Waals surface area (Å²) in [6.45, 7) is 1.84. The summed E-state index contributed by atoms with van der Waals surface area (Å²) in [5.41, 5.74) is 1.88. The summed E-state index contributed by atoms with van der Waals surface area (Å²) < 4.78 is 0. The molecule has 0 aliphatic heterocycles. The molecule has 0 bridgehead atoms. The molecular weight excluding hydrogens is 240 g/mol. The molecule has 0 heterocycles. The number of phenolic OH excluding ortho intramolecular Hbond substituents is 2. The van der Waals surface area contributed by atoms with E-state index < -0.39 is 0 Å². The Morgan fingerprint density at radius 2 is 1.89 bits per heavy atom. The van der Waals surface area contributed by atoms with Gasteiger partial charge in [0.15, 0.2) is 5.78 Å². The van der Waals surface area contributed by atoms with Crippen LogP contribution in [-0.4, -0.2) is 16.0 Å².